The zero-order valence-electron chi connectivity index (χ0n) is 8.83. The number of fused-ring (bicyclic) bond motifs is 1. The SMILES string of the molecule is Cc1cc(CN)c2c(c1)c(C)nn2C. The van der Waals surface area contributed by atoms with Crippen LogP contribution >= 0.6 is 0 Å². The van der Waals surface area contributed by atoms with E-state index in [0.29, 0.717) is 6.54 Å². The highest BCUT2D eigenvalue weighted by Gasteiger charge is 2.08. The summed E-state index contributed by atoms with van der Waals surface area (Å²) in [5.74, 6) is 0. The molecule has 1 aromatic carbocycles. The summed E-state index contributed by atoms with van der Waals surface area (Å²) in [6, 6.07) is 4.29. The Kier molecular flexibility index (Phi) is 2.04. The zero-order chi connectivity index (χ0) is 10.3. The molecule has 0 fully saturated rings. The number of rotatable bonds is 1. The summed E-state index contributed by atoms with van der Waals surface area (Å²) < 4.78 is 1.91. The van der Waals surface area contributed by atoms with Crippen LogP contribution in [0.25, 0.3) is 10.9 Å². The number of nitrogens with two attached hydrogens (primary N) is 1. The van der Waals surface area contributed by atoms with Crippen molar-refractivity contribution in [1.82, 2.24) is 9.78 Å². The van der Waals surface area contributed by atoms with E-state index in [1.165, 1.54) is 16.5 Å². The molecule has 0 radical (unpaired) electrons. The number of nitrogens with zero attached hydrogens (tertiary/aromatic N) is 2. The topological polar surface area (TPSA) is 43.8 Å². The highest BCUT2D eigenvalue weighted by Crippen LogP contribution is 2.22. The van der Waals surface area contributed by atoms with Crippen molar-refractivity contribution in [3.8, 4) is 0 Å². The van der Waals surface area contributed by atoms with E-state index in [-0.39, 0.29) is 0 Å². The Morgan fingerprint density at radius 2 is 2.07 bits per heavy atom. The average molecular weight is 189 g/mol. The van der Waals surface area contributed by atoms with Gasteiger partial charge in [-0.05, 0) is 31.0 Å². The first-order valence-corrected chi connectivity index (χ1v) is 4.76. The molecule has 0 aliphatic rings. The second kappa shape index (κ2) is 3.10. The van der Waals surface area contributed by atoms with E-state index in [1.807, 2.05) is 18.7 Å². The molecule has 0 aliphatic carbocycles. The molecule has 3 heteroatoms. The van der Waals surface area contributed by atoms with E-state index < -0.39 is 0 Å². The monoisotopic (exact) mass is 189 g/mol. The molecule has 2 N–H and O–H groups in total. The van der Waals surface area contributed by atoms with Gasteiger partial charge in [-0.3, -0.25) is 4.68 Å². The van der Waals surface area contributed by atoms with Gasteiger partial charge in [-0.25, -0.2) is 0 Å². The first-order valence-electron chi connectivity index (χ1n) is 4.76. The second-order valence-electron chi connectivity index (χ2n) is 3.73. The van der Waals surface area contributed by atoms with Crippen molar-refractivity contribution in [1.29, 1.82) is 0 Å². The van der Waals surface area contributed by atoms with Crippen molar-refractivity contribution >= 4 is 10.9 Å². The molecule has 3 nitrogen and oxygen atoms in total. The molecule has 0 aliphatic heterocycles. The van der Waals surface area contributed by atoms with Crippen LogP contribution in [0.2, 0.25) is 0 Å². The molecule has 0 spiro atoms. The van der Waals surface area contributed by atoms with Gasteiger partial charge < -0.3 is 5.73 Å². The minimum Gasteiger partial charge on any atom is -0.326 e. The molecule has 0 saturated carbocycles. The van der Waals surface area contributed by atoms with Gasteiger partial charge in [-0.2, -0.15) is 5.10 Å². The van der Waals surface area contributed by atoms with Crippen LogP contribution in [0.4, 0.5) is 0 Å². The van der Waals surface area contributed by atoms with Gasteiger partial charge in [-0.15, -0.1) is 0 Å². The quantitative estimate of drug-likeness (QED) is 0.741. The lowest BCUT2D eigenvalue weighted by atomic mass is 10.1. The van der Waals surface area contributed by atoms with Gasteiger partial charge in [0.25, 0.3) is 0 Å². The maximum Gasteiger partial charge on any atom is 0.0726 e. The van der Waals surface area contributed by atoms with E-state index in [2.05, 4.69) is 24.2 Å². The maximum absolute atomic E-state index is 5.72. The Labute approximate surface area is 83.5 Å². The first-order chi connectivity index (χ1) is 6.63. The number of aromatic nitrogens is 2. The van der Waals surface area contributed by atoms with Crippen LogP contribution in [-0.2, 0) is 13.6 Å². The van der Waals surface area contributed by atoms with Crippen molar-refractivity contribution < 1.29 is 0 Å². The van der Waals surface area contributed by atoms with Gasteiger partial charge in [0.15, 0.2) is 0 Å². The summed E-state index contributed by atoms with van der Waals surface area (Å²) in [6.45, 7) is 4.68. The Hall–Kier alpha value is -1.35. The average Bonchev–Trinajstić information content (AvgIpc) is 2.41. The Bertz CT molecular complexity index is 483. The van der Waals surface area contributed by atoms with Crippen molar-refractivity contribution in [3.63, 3.8) is 0 Å². The van der Waals surface area contributed by atoms with Crippen molar-refractivity contribution in [2.75, 3.05) is 0 Å². The fourth-order valence-electron chi connectivity index (χ4n) is 2.00. The molecule has 14 heavy (non-hydrogen) atoms. The van der Waals surface area contributed by atoms with Crippen LogP contribution in [0.1, 0.15) is 16.8 Å². The van der Waals surface area contributed by atoms with Crippen LogP contribution in [0.15, 0.2) is 12.1 Å². The molecule has 0 unspecified atom stereocenters. The normalized spacial score (nSPS) is 11.1. The lowest BCUT2D eigenvalue weighted by Crippen LogP contribution is -2.01. The summed E-state index contributed by atoms with van der Waals surface area (Å²) in [5.41, 5.74) is 10.4. The molecule has 1 aromatic heterocycles. The molecule has 0 saturated heterocycles. The van der Waals surface area contributed by atoms with Crippen molar-refractivity contribution in [2.24, 2.45) is 12.8 Å². The van der Waals surface area contributed by atoms with Crippen molar-refractivity contribution in [3.05, 3.63) is 29.0 Å². The second-order valence-corrected chi connectivity index (χ2v) is 3.73. The molecule has 74 valence electrons. The lowest BCUT2D eigenvalue weighted by molar-refractivity contribution is 0.778. The van der Waals surface area contributed by atoms with E-state index >= 15 is 0 Å². The van der Waals surface area contributed by atoms with Crippen LogP contribution in [0, 0.1) is 13.8 Å². The van der Waals surface area contributed by atoms with Crippen LogP contribution in [0.3, 0.4) is 0 Å². The summed E-state index contributed by atoms with van der Waals surface area (Å²) in [7, 11) is 1.96. The highest BCUT2D eigenvalue weighted by molar-refractivity contribution is 5.85. The minimum absolute atomic E-state index is 0.567. The third kappa shape index (κ3) is 1.21. The van der Waals surface area contributed by atoms with Gasteiger partial charge in [0.1, 0.15) is 0 Å². The largest absolute Gasteiger partial charge is 0.326 e. The fraction of sp³-hybridized carbons (Fsp3) is 0.364. The third-order valence-electron chi connectivity index (χ3n) is 2.57. The number of hydrogen-bond donors (Lipinski definition) is 1. The number of hydrogen-bond acceptors (Lipinski definition) is 2. The van der Waals surface area contributed by atoms with E-state index in [0.717, 1.165) is 11.2 Å². The lowest BCUT2D eigenvalue weighted by Gasteiger charge is -2.03. The Balaban J connectivity index is 2.90. The first kappa shape index (κ1) is 9.21. The van der Waals surface area contributed by atoms with E-state index in [1.54, 1.807) is 0 Å². The standard InChI is InChI=1S/C11H15N3/c1-7-4-9(6-12)11-10(5-7)8(2)13-14(11)3/h4-5H,6,12H2,1-3H3. The zero-order valence-corrected chi connectivity index (χ0v) is 8.83. The van der Waals surface area contributed by atoms with Gasteiger partial charge >= 0.3 is 0 Å². The predicted octanol–water partition coefficient (Wildman–Crippen LogP) is 1.65. The molecule has 2 aromatic rings. The summed E-state index contributed by atoms with van der Waals surface area (Å²) in [5, 5.41) is 5.62. The summed E-state index contributed by atoms with van der Waals surface area (Å²) in [6.07, 6.45) is 0. The van der Waals surface area contributed by atoms with E-state index in [9.17, 15) is 0 Å². The Morgan fingerprint density at radius 3 is 2.71 bits per heavy atom. The number of aryl methyl sites for hydroxylation is 3. The molecule has 0 atom stereocenters. The predicted molar refractivity (Wildman–Crippen MR) is 58.1 cm³/mol. The summed E-state index contributed by atoms with van der Waals surface area (Å²) >= 11 is 0. The van der Waals surface area contributed by atoms with Crippen molar-refractivity contribution in [2.45, 2.75) is 20.4 Å². The molecule has 2 rings (SSSR count). The highest BCUT2D eigenvalue weighted by atomic mass is 15.3. The molecular formula is C11H15N3. The van der Waals surface area contributed by atoms with Crippen LogP contribution in [0.5, 0.6) is 0 Å². The fourth-order valence-corrected chi connectivity index (χ4v) is 2.00. The Morgan fingerprint density at radius 1 is 1.36 bits per heavy atom. The maximum atomic E-state index is 5.72. The summed E-state index contributed by atoms with van der Waals surface area (Å²) in [4.78, 5) is 0. The van der Waals surface area contributed by atoms with Gasteiger partial charge in [0, 0.05) is 19.0 Å². The van der Waals surface area contributed by atoms with Gasteiger partial charge in [-0.1, -0.05) is 6.07 Å². The molecule has 1 heterocycles. The molecule has 0 bridgehead atoms. The molecule has 0 amide bonds. The van der Waals surface area contributed by atoms with Crippen LogP contribution in [-0.4, -0.2) is 9.78 Å². The molecular weight excluding hydrogens is 174 g/mol. The third-order valence-corrected chi connectivity index (χ3v) is 2.57. The van der Waals surface area contributed by atoms with Gasteiger partial charge in [0.05, 0.1) is 11.2 Å². The van der Waals surface area contributed by atoms with Crippen LogP contribution < -0.4 is 5.73 Å². The van der Waals surface area contributed by atoms with E-state index in [4.69, 9.17) is 5.73 Å². The minimum atomic E-state index is 0.567. The van der Waals surface area contributed by atoms with Gasteiger partial charge in [0.2, 0.25) is 0 Å². The smallest absolute Gasteiger partial charge is 0.0726 e. The number of benzene rings is 1.